The molecule has 13 heteroatoms. The molecule has 5 atom stereocenters. The summed E-state index contributed by atoms with van der Waals surface area (Å²) in [6, 6.07) is 4.36. The van der Waals surface area contributed by atoms with Crippen molar-refractivity contribution in [2.75, 3.05) is 13.2 Å². The van der Waals surface area contributed by atoms with Gasteiger partial charge in [0.25, 0.3) is 0 Å². The van der Waals surface area contributed by atoms with Crippen LogP contribution in [0.4, 0.5) is 0 Å². The third-order valence-electron chi connectivity index (χ3n) is 5.81. The number of carbonyl (C=O) groups excluding carboxylic acids is 3. The van der Waals surface area contributed by atoms with E-state index in [4.69, 9.17) is 22.3 Å². The second-order valence-corrected chi connectivity index (χ2v) is 8.76. The molecular weight excluding hydrogens is 482 g/mol. The highest BCUT2D eigenvalue weighted by molar-refractivity contribution is 5.94. The van der Waals surface area contributed by atoms with E-state index in [0.717, 1.165) is 5.56 Å². The van der Waals surface area contributed by atoms with Gasteiger partial charge in [0, 0.05) is 13.0 Å². The number of benzene rings is 1. The number of nitrogens with one attached hydrogen (secondary N) is 3. The Bertz CT molecular complexity index is 923. The van der Waals surface area contributed by atoms with Crippen molar-refractivity contribution in [1.29, 1.82) is 0 Å². The summed E-state index contributed by atoms with van der Waals surface area (Å²) in [4.78, 5) is 54.0. The fourth-order valence-corrected chi connectivity index (χ4v) is 3.39. The van der Waals surface area contributed by atoms with Gasteiger partial charge in [-0.3, -0.25) is 19.4 Å². The number of hydrogen-bond acceptors (Lipinski definition) is 7. The third-order valence-corrected chi connectivity index (χ3v) is 5.81. The summed E-state index contributed by atoms with van der Waals surface area (Å²) in [7, 11) is 0. The number of rotatable bonds is 16. The minimum Gasteiger partial charge on any atom is -0.480 e. The molecular formula is C24H39N7O6. The normalized spacial score (nSPS) is 14.8. The zero-order valence-corrected chi connectivity index (χ0v) is 21.2. The van der Waals surface area contributed by atoms with E-state index in [-0.39, 0.29) is 24.7 Å². The maximum absolute atomic E-state index is 13.3. The van der Waals surface area contributed by atoms with E-state index >= 15 is 0 Å². The molecule has 11 N–H and O–H groups in total. The zero-order valence-electron chi connectivity index (χ0n) is 21.2. The van der Waals surface area contributed by atoms with Crippen LogP contribution in [0.25, 0.3) is 0 Å². The Morgan fingerprint density at radius 2 is 1.59 bits per heavy atom. The highest BCUT2D eigenvalue weighted by atomic mass is 16.4. The Labute approximate surface area is 216 Å². The molecule has 1 aromatic carbocycles. The standard InChI is InChI=1S/C24H39N7O6/c1-3-14(2)19(22(35)30-18(13-32)23(36)37)31-21(34)17(12-15-8-5-4-6-9-15)29-20(33)16(25)10-7-11-28-24(26)27/h4-6,8-9,14,16-19,32H,3,7,10-13,25H2,1-2H3,(H,29,33)(H,30,35)(H,31,34)(H,36,37)(H4,26,27,28). The number of guanidine groups is 1. The number of carboxylic acid groups (broad SMARTS) is 1. The van der Waals surface area contributed by atoms with Crippen molar-refractivity contribution in [1.82, 2.24) is 16.0 Å². The first kappa shape index (κ1) is 31.3. The van der Waals surface area contributed by atoms with E-state index in [0.29, 0.717) is 19.4 Å². The molecule has 0 radical (unpaired) electrons. The molecule has 0 heterocycles. The van der Waals surface area contributed by atoms with Crippen LogP contribution in [-0.4, -0.2) is 77.2 Å². The summed E-state index contributed by atoms with van der Waals surface area (Å²) < 4.78 is 0. The van der Waals surface area contributed by atoms with Gasteiger partial charge in [0.15, 0.2) is 5.96 Å². The van der Waals surface area contributed by atoms with Gasteiger partial charge in [-0.1, -0.05) is 50.6 Å². The van der Waals surface area contributed by atoms with Crippen molar-refractivity contribution < 1.29 is 29.4 Å². The Morgan fingerprint density at radius 1 is 0.973 bits per heavy atom. The van der Waals surface area contributed by atoms with Gasteiger partial charge in [0.2, 0.25) is 17.7 Å². The SMILES string of the molecule is CCC(C)C(NC(=O)C(Cc1ccccc1)NC(=O)C(N)CCCN=C(N)N)C(=O)NC(CO)C(=O)O. The molecule has 0 saturated heterocycles. The fraction of sp³-hybridized carbons (Fsp3) is 0.542. The maximum Gasteiger partial charge on any atom is 0.328 e. The summed E-state index contributed by atoms with van der Waals surface area (Å²) in [5.41, 5.74) is 17.3. The van der Waals surface area contributed by atoms with Crippen molar-refractivity contribution in [2.45, 2.75) is 63.7 Å². The molecule has 0 spiro atoms. The van der Waals surface area contributed by atoms with Crippen molar-refractivity contribution in [3.8, 4) is 0 Å². The number of aliphatic hydroxyl groups excluding tert-OH is 1. The smallest absolute Gasteiger partial charge is 0.328 e. The summed E-state index contributed by atoms with van der Waals surface area (Å²) in [5, 5.41) is 25.9. The molecule has 0 aliphatic heterocycles. The van der Waals surface area contributed by atoms with Crippen LogP contribution in [0.5, 0.6) is 0 Å². The molecule has 37 heavy (non-hydrogen) atoms. The van der Waals surface area contributed by atoms with E-state index in [2.05, 4.69) is 20.9 Å². The highest BCUT2D eigenvalue weighted by Gasteiger charge is 2.32. The molecule has 3 amide bonds. The van der Waals surface area contributed by atoms with Crippen LogP contribution < -0.4 is 33.2 Å². The van der Waals surface area contributed by atoms with Crippen LogP contribution in [0.2, 0.25) is 0 Å². The highest BCUT2D eigenvalue weighted by Crippen LogP contribution is 2.11. The molecule has 0 bridgehead atoms. The predicted molar refractivity (Wildman–Crippen MR) is 138 cm³/mol. The third kappa shape index (κ3) is 11.3. The molecule has 0 aromatic heterocycles. The van der Waals surface area contributed by atoms with Gasteiger partial charge >= 0.3 is 5.97 Å². The predicted octanol–water partition coefficient (Wildman–Crippen LogP) is -1.81. The van der Waals surface area contributed by atoms with Gasteiger partial charge in [0.1, 0.15) is 18.1 Å². The minimum atomic E-state index is -1.52. The van der Waals surface area contributed by atoms with Gasteiger partial charge in [-0.2, -0.15) is 0 Å². The van der Waals surface area contributed by atoms with Crippen molar-refractivity contribution in [3.63, 3.8) is 0 Å². The van der Waals surface area contributed by atoms with Gasteiger partial charge in [0.05, 0.1) is 12.6 Å². The quantitative estimate of drug-likeness (QED) is 0.0694. The molecule has 0 saturated carbocycles. The zero-order chi connectivity index (χ0) is 28.0. The number of aliphatic imine (C=N–C) groups is 1. The fourth-order valence-electron chi connectivity index (χ4n) is 3.39. The van der Waals surface area contributed by atoms with Crippen LogP contribution in [0, 0.1) is 5.92 Å². The second-order valence-electron chi connectivity index (χ2n) is 8.76. The lowest BCUT2D eigenvalue weighted by Gasteiger charge is -2.28. The summed E-state index contributed by atoms with van der Waals surface area (Å²) in [6.45, 7) is 3.02. The Morgan fingerprint density at radius 3 is 2.14 bits per heavy atom. The van der Waals surface area contributed by atoms with Gasteiger partial charge < -0.3 is 43.4 Å². The lowest BCUT2D eigenvalue weighted by molar-refractivity contribution is -0.143. The first-order chi connectivity index (χ1) is 17.5. The summed E-state index contributed by atoms with van der Waals surface area (Å²) in [5.74, 6) is -3.80. The number of nitrogens with two attached hydrogens (primary N) is 3. The van der Waals surface area contributed by atoms with E-state index in [1.165, 1.54) is 0 Å². The molecule has 1 rings (SSSR count). The first-order valence-corrected chi connectivity index (χ1v) is 12.1. The maximum atomic E-state index is 13.3. The van der Waals surface area contributed by atoms with E-state index < -0.39 is 54.5 Å². The van der Waals surface area contributed by atoms with Crippen LogP contribution in [0.15, 0.2) is 35.3 Å². The topological polar surface area (TPSA) is 235 Å². The second kappa shape index (κ2) is 16.1. The number of amides is 3. The Hall–Kier alpha value is -3.71. The Kier molecular flexibility index (Phi) is 13.6. The van der Waals surface area contributed by atoms with Crippen molar-refractivity contribution >= 4 is 29.7 Å². The molecule has 0 fully saturated rings. The Balaban J connectivity index is 3.04. The first-order valence-electron chi connectivity index (χ1n) is 12.1. The molecule has 0 aliphatic rings. The largest absolute Gasteiger partial charge is 0.480 e. The molecule has 13 nitrogen and oxygen atoms in total. The molecule has 1 aromatic rings. The van der Waals surface area contributed by atoms with E-state index in [9.17, 15) is 24.3 Å². The van der Waals surface area contributed by atoms with Crippen LogP contribution >= 0.6 is 0 Å². The monoisotopic (exact) mass is 521 g/mol. The average Bonchev–Trinajstić information content (AvgIpc) is 2.87. The van der Waals surface area contributed by atoms with Crippen LogP contribution in [-0.2, 0) is 25.6 Å². The summed E-state index contributed by atoms with van der Waals surface area (Å²) in [6.07, 6.45) is 1.35. The lowest BCUT2D eigenvalue weighted by atomic mass is 9.96. The van der Waals surface area contributed by atoms with Gasteiger partial charge in [-0.25, -0.2) is 4.79 Å². The van der Waals surface area contributed by atoms with Gasteiger partial charge in [-0.05, 0) is 24.3 Å². The molecule has 5 unspecified atom stereocenters. The summed E-state index contributed by atoms with van der Waals surface area (Å²) >= 11 is 0. The number of carbonyl (C=O) groups is 4. The number of carboxylic acids is 1. The van der Waals surface area contributed by atoms with Gasteiger partial charge in [-0.15, -0.1) is 0 Å². The molecule has 206 valence electrons. The van der Waals surface area contributed by atoms with Crippen LogP contribution in [0.3, 0.4) is 0 Å². The van der Waals surface area contributed by atoms with Crippen molar-refractivity contribution in [3.05, 3.63) is 35.9 Å². The minimum absolute atomic E-state index is 0.0637. The van der Waals surface area contributed by atoms with E-state index in [1.807, 2.05) is 13.0 Å². The molecule has 0 aliphatic carbocycles. The average molecular weight is 522 g/mol. The van der Waals surface area contributed by atoms with Crippen molar-refractivity contribution in [2.24, 2.45) is 28.1 Å². The van der Waals surface area contributed by atoms with Crippen LogP contribution in [0.1, 0.15) is 38.7 Å². The van der Waals surface area contributed by atoms with E-state index in [1.54, 1.807) is 31.2 Å². The lowest BCUT2D eigenvalue weighted by Crippen LogP contribution is -2.59. The number of nitrogens with zero attached hydrogens (tertiary/aromatic N) is 1. The number of hydrogen-bond donors (Lipinski definition) is 8. The number of aliphatic hydroxyl groups is 1. The number of aliphatic carboxylic acids is 1.